The monoisotopic (exact) mass is 217 g/mol. The zero-order chi connectivity index (χ0) is 10.6. The van der Waals surface area contributed by atoms with Gasteiger partial charge in [-0.1, -0.05) is 17.7 Å². The third kappa shape index (κ3) is 4.39. The molecule has 78 valence electrons. The summed E-state index contributed by atoms with van der Waals surface area (Å²) in [5.41, 5.74) is 1.10. The molecule has 0 aliphatic heterocycles. The van der Waals surface area contributed by atoms with E-state index < -0.39 is 7.75 Å². The molecule has 0 aliphatic carbocycles. The fourth-order valence-electron chi connectivity index (χ4n) is 0.834. The zero-order valence-corrected chi connectivity index (χ0v) is 8.57. The Morgan fingerprint density at radius 3 is 2.43 bits per heavy atom. The van der Waals surface area contributed by atoms with E-state index in [2.05, 4.69) is 0 Å². The van der Waals surface area contributed by atoms with Gasteiger partial charge < -0.3 is 14.5 Å². The van der Waals surface area contributed by atoms with Crippen molar-refractivity contribution in [2.24, 2.45) is 0 Å². The highest BCUT2D eigenvalue weighted by Gasteiger charge is 2.10. The van der Waals surface area contributed by atoms with Crippen molar-refractivity contribution >= 4 is 7.75 Å². The van der Waals surface area contributed by atoms with Crippen molar-refractivity contribution in [1.29, 1.82) is 0 Å². The van der Waals surface area contributed by atoms with E-state index in [1.54, 1.807) is 12.1 Å². The Morgan fingerprint density at radius 2 is 1.93 bits per heavy atom. The highest BCUT2D eigenvalue weighted by Crippen LogP contribution is 2.27. The first-order chi connectivity index (χ1) is 6.47. The second-order valence-electron chi connectivity index (χ2n) is 2.80. The molecule has 1 aromatic rings. The Kier molecular flexibility index (Phi) is 3.66. The van der Waals surface area contributed by atoms with Gasteiger partial charge in [-0.15, -0.1) is 0 Å². The third-order valence-corrected chi connectivity index (χ3v) is 2.07. The third-order valence-electron chi connectivity index (χ3n) is 1.53. The lowest BCUT2D eigenvalue weighted by atomic mass is 10.2. The maximum absolute atomic E-state index is 10.4. The van der Waals surface area contributed by atoms with E-state index in [-0.39, 0.29) is 6.73 Å². The molecule has 0 bridgehead atoms. The van der Waals surface area contributed by atoms with E-state index in [0.29, 0.717) is 5.75 Å². The summed E-state index contributed by atoms with van der Waals surface area (Å²) in [5, 5.41) is 1.93. The lowest BCUT2D eigenvalue weighted by Gasteiger charge is -2.08. The molecule has 6 heteroatoms. The van der Waals surface area contributed by atoms with Crippen molar-refractivity contribution in [1.82, 2.24) is 5.09 Å². The predicted octanol–water partition coefficient (Wildman–Crippen LogP) is 1.01. The molecule has 3 N–H and O–H groups in total. The topological polar surface area (TPSA) is 78.8 Å². The minimum atomic E-state index is -4.19. The van der Waals surface area contributed by atoms with Gasteiger partial charge in [-0.25, -0.2) is 4.57 Å². The van der Waals surface area contributed by atoms with E-state index in [9.17, 15) is 4.57 Å². The molecule has 0 aromatic heterocycles. The highest BCUT2D eigenvalue weighted by molar-refractivity contribution is 7.49. The quantitative estimate of drug-likeness (QED) is 0.518. The summed E-state index contributed by atoms with van der Waals surface area (Å²) < 4.78 is 15.4. The van der Waals surface area contributed by atoms with Crippen LogP contribution in [0.2, 0.25) is 0 Å². The van der Waals surface area contributed by atoms with E-state index in [4.69, 9.17) is 14.5 Å². The van der Waals surface area contributed by atoms with Gasteiger partial charge in [0, 0.05) is 0 Å². The average molecular weight is 217 g/mol. The van der Waals surface area contributed by atoms with Gasteiger partial charge in [0.25, 0.3) is 0 Å². The van der Waals surface area contributed by atoms with Crippen molar-refractivity contribution in [2.75, 3.05) is 6.73 Å². The van der Waals surface area contributed by atoms with Gasteiger partial charge in [0.05, 0.1) is 0 Å². The van der Waals surface area contributed by atoms with Gasteiger partial charge in [-0.2, -0.15) is 5.09 Å². The molecule has 14 heavy (non-hydrogen) atoms. The number of rotatable bonds is 4. The standard InChI is InChI=1S/C8H12NO4P/c1-7-2-4-8(5-3-7)13-6-9-14(10,11)12/h2-5H,6H2,1H3,(H3,9,10,11,12). The molecule has 1 aromatic carbocycles. The Labute approximate surface area is 81.9 Å². The minimum Gasteiger partial charge on any atom is -0.478 e. The van der Waals surface area contributed by atoms with Crippen molar-refractivity contribution < 1.29 is 19.1 Å². The second-order valence-corrected chi connectivity index (χ2v) is 4.21. The predicted molar refractivity (Wildman–Crippen MR) is 51.9 cm³/mol. The Hall–Kier alpha value is -0.870. The summed E-state index contributed by atoms with van der Waals surface area (Å²) >= 11 is 0. The molecule has 0 saturated heterocycles. The molecule has 0 unspecified atom stereocenters. The first-order valence-corrected chi connectivity index (χ1v) is 5.59. The fourth-order valence-corrected chi connectivity index (χ4v) is 1.07. The van der Waals surface area contributed by atoms with Gasteiger partial charge in [-0.05, 0) is 19.1 Å². The SMILES string of the molecule is Cc1ccc(OCNP(=O)(O)O)cc1. The number of hydrogen-bond acceptors (Lipinski definition) is 2. The fraction of sp³-hybridized carbons (Fsp3) is 0.250. The molecule has 5 nitrogen and oxygen atoms in total. The molecule has 0 aliphatic rings. The Morgan fingerprint density at radius 1 is 1.36 bits per heavy atom. The number of aryl methyl sites for hydroxylation is 1. The number of hydrogen-bond donors (Lipinski definition) is 3. The molecule has 1 rings (SSSR count). The van der Waals surface area contributed by atoms with Crippen molar-refractivity contribution in [3.05, 3.63) is 29.8 Å². The van der Waals surface area contributed by atoms with Gasteiger partial charge in [0.1, 0.15) is 12.5 Å². The van der Waals surface area contributed by atoms with Crippen molar-refractivity contribution in [3.63, 3.8) is 0 Å². The van der Waals surface area contributed by atoms with E-state index >= 15 is 0 Å². The zero-order valence-electron chi connectivity index (χ0n) is 7.67. The largest absolute Gasteiger partial charge is 0.478 e. The smallest absolute Gasteiger partial charge is 0.403 e. The van der Waals surface area contributed by atoms with Gasteiger partial charge in [0.15, 0.2) is 0 Å². The molecule has 0 amide bonds. The van der Waals surface area contributed by atoms with Crippen LogP contribution in [-0.4, -0.2) is 16.5 Å². The van der Waals surface area contributed by atoms with Gasteiger partial charge in [0.2, 0.25) is 0 Å². The van der Waals surface area contributed by atoms with Crippen molar-refractivity contribution in [3.8, 4) is 5.75 Å². The molecule has 0 spiro atoms. The summed E-state index contributed by atoms with van der Waals surface area (Å²) in [6.45, 7) is 1.73. The number of benzene rings is 1. The van der Waals surface area contributed by atoms with Crippen LogP contribution in [0.15, 0.2) is 24.3 Å². The van der Waals surface area contributed by atoms with Crippen LogP contribution in [0, 0.1) is 6.92 Å². The normalized spacial score (nSPS) is 11.4. The molecule has 0 heterocycles. The van der Waals surface area contributed by atoms with Crippen LogP contribution in [0.5, 0.6) is 5.75 Å². The summed E-state index contributed by atoms with van der Waals surface area (Å²) in [6.07, 6.45) is 0. The summed E-state index contributed by atoms with van der Waals surface area (Å²) in [4.78, 5) is 16.9. The summed E-state index contributed by atoms with van der Waals surface area (Å²) in [5.74, 6) is 0.566. The maximum atomic E-state index is 10.4. The van der Waals surface area contributed by atoms with Crippen LogP contribution >= 0.6 is 7.75 Å². The minimum absolute atomic E-state index is 0.215. The van der Waals surface area contributed by atoms with Crippen molar-refractivity contribution in [2.45, 2.75) is 6.92 Å². The first-order valence-electron chi connectivity index (χ1n) is 3.97. The van der Waals surface area contributed by atoms with Crippen LogP contribution in [0.25, 0.3) is 0 Å². The van der Waals surface area contributed by atoms with Crippen LogP contribution in [0.3, 0.4) is 0 Å². The molecule has 0 saturated carbocycles. The molecule has 0 fully saturated rings. The average Bonchev–Trinajstić information content (AvgIpc) is 2.06. The van der Waals surface area contributed by atoms with Crippen LogP contribution < -0.4 is 9.82 Å². The first kappa shape index (κ1) is 11.2. The molecule has 0 atom stereocenters. The van der Waals surface area contributed by atoms with E-state index in [1.165, 1.54) is 0 Å². The van der Waals surface area contributed by atoms with E-state index in [1.807, 2.05) is 24.1 Å². The lowest BCUT2D eigenvalue weighted by molar-refractivity contribution is 0.280. The van der Waals surface area contributed by atoms with Gasteiger partial charge in [-0.3, -0.25) is 0 Å². The maximum Gasteiger partial charge on any atom is 0.403 e. The molecule has 0 radical (unpaired) electrons. The Balaban J connectivity index is 2.39. The Bertz CT molecular complexity index is 332. The molecular formula is C8H12NO4P. The number of nitrogens with one attached hydrogen (secondary N) is 1. The highest BCUT2D eigenvalue weighted by atomic mass is 31.2. The summed E-state index contributed by atoms with van der Waals surface area (Å²) in [7, 11) is -4.19. The number of ether oxygens (including phenoxy) is 1. The van der Waals surface area contributed by atoms with E-state index in [0.717, 1.165) is 5.56 Å². The van der Waals surface area contributed by atoms with Crippen LogP contribution in [-0.2, 0) is 4.57 Å². The lowest BCUT2D eigenvalue weighted by Crippen LogP contribution is -2.16. The second kappa shape index (κ2) is 4.57. The van der Waals surface area contributed by atoms with Crippen LogP contribution in [0.1, 0.15) is 5.56 Å². The molecular weight excluding hydrogens is 205 g/mol. The van der Waals surface area contributed by atoms with Gasteiger partial charge >= 0.3 is 7.75 Å². The van der Waals surface area contributed by atoms with Crippen LogP contribution in [0.4, 0.5) is 0 Å². The summed E-state index contributed by atoms with van der Waals surface area (Å²) in [6, 6.07) is 7.17.